The Morgan fingerprint density at radius 3 is 1.87 bits per heavy atom. The van der Waals surface area contributed by atoms with Crippen molar-refractivity contribution in [3.63, 3.8) is 0 Å². The Hall–Kier alpha value is -5.08. The Kier molecular flexibility index (Phi) is 4.55. The lowest BCUT2D eigenvalue weighted by Gasteiger charge is -2.08. The molecule has 8 aromatic rings. The Labute approximate surface area is 219 Å². The summed E-state index contributed by atoms with van der Waals surface area (Å²) in [5.74, 6) is 1.76. The van der Waals surface area contributed by atoms with Crippen molar-refractivity contribution in [2.75, 3.05) is 0 Å². The lowest BCUT2D eigenvalue weighted by atomic mass is 9.96. The highest BCUT2D eigenvalue weighted by atomic mass is 16.3. The number of rotatable bonds is 3. The van der Waals surface area contributed by atoms with Crippen molar-refractivity contribution in [3.8, 4) is 33.8 Å². The van der Waals surface area contributed by atoms with Crippen molar-refractivity contribution >= 4 is 43.5 Å². The minimum Gasteiger partial charge on any atom is -0.456 e. The fourth-order valence-electron chi connectivity index (χ4n) is 5.74. The molecule has 2 heteroatoms. The molecule has 0 unspecified atom stereocenters. The van der Waals surface area contributed by atoms with Crippen LogP contribution >= 0.6 is 0 Å². The first kappa shape index (κ1) is 21.0. The van der Waals surface area contributed by atoms with Gasteiger partial charge in [0, 0.05) is 32.7 Å². The Morgan fingerprint density at radius 1 is 0.368 bits per heavy atom. The summed E-state index contributed by atoms with van der Waals surface area (Å²) in [5, 5.41) is 6.85. The molecule has 178 valence electrons. The molecule has 6 aromatic carbocycles. The second-order valence-electron chi connectivity index (χ2n) is 9.69. The monoisotopic (exact) mass is 486 g/mol. The Bertz CT molecular complexity index is 2130. The summed E-state index contributed by atoms with van der Waals surface area (Å²) in [5.41, 5.74) is 6.23. The van der Waals surface area contributed by atoms with Crippen LogP contribution in [0.2, 0.25) is 0 Å². The molecule has 0 aliphatic rings. The van der Waals surface area contributed by atoms with E-state index in [0.717, 1.165) is 60.9 Å². The normalized spacial score (nSPS) is 11.7. The van der Waals surface area contributed by atoms with Gasteiger partial charge in [-0.15, -0.1) is 0 Å². The topological polar surface area (TPSA) is 26.3 Å². The zero-order chi connectivity index (χ0) is 25.1. The molecule has 0 fully saturated rings. The number of benzene rings is 6. The summed E-state index contributed by atoms with van der Waals surface area (Å²) in [6.45, 7) is 0. The average Bonchev–Trinajstić information content (AvgIpc) is 3.56. The van der Waals surface area contributed by atoms with E-state index in [2.05, 4.69) is 127 Å². The van der Waals surface area contributed by atoms with Gasteiger partial charge < -0.3 is 8.83 Å². The third kappa shape index (κ3) is 3.14. The van der Waals surface area contributed by atoms with E-state index in [-0.39, 0.29) is 0 Å². The van der Waals surface area contributed by atoms with Crippen LogP contribution in [0.4, 0.5) is 0 Å². The van der Waals surface area contributed by atoms with Crippen LogP contribution in [0.3, 0.4) is 0 Å². The predicted molar refractivity (Wildman–Crippen MR) is 157 cm³/mol. The maximum atomic E-state index is 6.79. The molecule has 0 radical (unpaired) electrons. The van der Waals surface area contributed by atoms with E-state index in [9.17, 15) is 0 Å². The maximum Gasteiger partial charge on any atom is 0.143 e. The molecule has 0 saturated heterocycles. The smallest absolute Gasteiger partial charge is 0.143 e. The largest absolute Gasteiger partial charge is 0.456 e. The van der Waals surface area contributed by atoms with E-state index in [4.69, 9.17) is 8.83 Å². The molecule has 0 amide bonds. The van der Waals surface area contributed by atoms with Gasteiger partial charge in [-0.05, 0) is 46.2 Å². The van der Waals surface area contributed by atoms with Crippen molar-refractivity contribution in [1.29, 1.82) is 0 Å². The third-order valence-corrected chi connectivity index (χ3v) is 7.50. The minimum absolute atomic E-state index is 0.870. The van der Waals surface area contributed by atoms with Crippen molar-refractivity contribution in [1.82, 2.24) is 0 Å². The number of fused-ring (bicyclic) bond motifs is 6. The molecule has 0 aliphatic carbocycles. The molecular formula is C36H22O2. The maximum absolute atomic E-state index is 6.79. The highest BCUT2D eigenvalue weighted by molar-refractivity contribution is 6.19. The zero-order valence-corrected chi connectivity index (χ0v) is 20.5. The standard InChI is InChI=1S/C36H22O2/c1-2-10-23(11-3-1)26-13-6-7-15-28(26)36-30-17-9-8-16-29(30)35(38-36)25-19-20-32-31(22-25)34-27-14-5-4-12-24(27)18-21-33(34)37-32/h1-22H. The molecule has 0 N–H and O–H groups in total. The van der Waals surface area contributed by atoms with Gasteiger partial charge in [-0.3, -0.25) is 0 Å². The third-order valence-electron chi connectivity index (χ3n) is 7.50. The van der Waals surface area contributed by atoms with Crippen molar-refractivity contribution in [3.05, 3.63) is 133 Å². The van der Waals surface area contributed by atoms with Crippen LogP contribution in [-0.2, 0) is 0 Å². The molecule has 0 aliphatic heterocycles. The fourth-order valence-corrected chi connectivity index (χ4v) is 5.74. The first-order valence-electron chi connectivity index (χ1n) is 12.9. The van der Waals surface area contributed by atoms with Gasteiger partial charge in [-0.1, -0.05) is 109 Å². The molecule has 2 heterocycles. The van der Waals surface area contributed by atoms with Crippen molar-refractivity contribution in [2.45, 2.75) is 0 Å². The fraction of sp³-hybridized carbons (Fsp3) is 0. The molecular weight excluding hydrogens is 464 g/mol. The number of hydrogen-bond donors (Lipinski definition) is 0. The quantitative estimate of drug-likeness (QED) is 0.248. The second-order valence-corrected chi connectivity index (χ2v) is 9.69. The molecule has 0 bridgehead atoms. The Balaban J connectivity index is 1.39. The summed E-state index contributed by atoms with van der Waals surface area (Å²) < 4.78 is 13.0. The molecule has 38 heavy (non-hydrogen) atoms. The number of hydrogen-bond acceptors (Lipinski definition) is 2. The summed E-state index contributed by atoms with van der Waals surface area (Å²) in [7, 11) is 0. The van der Waals surface area contributed by atoms with E-state index < -0.39 is 0 Å². The Morgan fingerprint density at radius 2 is 1.03 bits per heavy atom. The lowest BCUT2D eigenvalue weighted by Crippen LogP contribution is -1.83. The van der Waals surface area contributed by atoms with Gasteiger partial charge in [0.05, 0.1) is 0 Å². The first-order valence-corrected chi connectivity index (χ1v) is 12.9. The zero-order valence-electron chi connectivity index (χ0n) is 20.5. The molecule has 2 aromatic heterocycles. The molecule has 2 nitrogen and oxygen atoms in total. The lowest BCUT2D eigenvalue weighted by molar-refractivity contribution is 0.602. The van der Waals surface area contributed by atoms with Crippen LogP contribution in [-0.4, -0.2) is 0 Å². The van der Waals surface area contributed by atoms with Gasteiger partial charge in [-0.2, -0.15) is 0 Å². The van der Waals surface area contributed by atoms with Gasteiger partial charge >= 0.3 is 0 Å². The van der Waals surface area contributed by atoms with E-state index in [0.29, 0.717) is 0 Å². The van der Waals surface area contributed by atoms with Gasteiger partial charge in [-0.25, -0.2) is 0 Å². The van der Waals surface area contributed by atoms with Gasteiger partial charge in [0.15, 0.2) is 0 Å². The van der Waals surface area contributed by atoms with Gasteiger partial charge in [0.2, 0.25) is 0 Å². The van der Waals surface area contributed by atoms with Crippen LogP contribution in [0.1, 0.15) is 0 Å². The molecule has 0 spiro atoms. The molecule has 0 saturated carbocycles. The van der Waals surface area contributed by atoms with Gasteiger partial charge in [0.25, 0.3) is 0 Å². The van der Waals surface area contributed by atoms with E-state index >= 15 is 0 Å². The highest BCUT2D eigenvalue weighted by Crippen LogP contribution is 2.44. The first-order chi connectivity index (χ1) is 18.8. The van der Waals surface area contributed by atoms with Crippen LogP contribution in [0.5, 0.6) is 0 Å². The van der Waals surface area contributed by atoms with Gasteiger partial charge in [0.1, 0.15) is 22.7 Å². The van der Waals surface area contributed by atoms with E-state index in [1.165, 1.54) is 16.3 Å². The van der Waals surface area contributed by atoms with E-state index in [1.54, 1.807) is 0 Å². The minimum atomic E-state index is 0.870. The summed E-state index contributed by atoms with van der Waals surface area (Å²) >= 11 is 0. The SMILES string of the molecule is c1ccc(-c2ccccc2-c2oc(-c3ccc4oc5ccc6ccccc6c5c4c3)c3ccccc23)cc1. The van der Waals surface area contributed by atoms with Crippen LogP contribution in [0.25, 0.3) is 77.3 Å². The van der Waals surface area contributed by atoms with Crippen LogP contribution in [0.15, 0.2) is 142 Å². The molecule has 8 rings (SSSR count). The van der Waals surface area contributed by atoms with E-state index in [1.807, 2.05) is 6.07 Å². The average molecular weight is 487 g/mol. The predicted octanol–water partition coefficient (Wildman–Crippen LogP) is 10.5. The highest BCUT2D eigenvalue weighted by Gasteiger charge is 2.20. The summed E-state index contributed by atoms with van der Waals surface area (Å²) in [6, 6.07) is 46.5. The number of furan rings is 2. The van der Waals surface area contributed by atoms with Crippen LogP contribution in [0, 0.1) is 0 Å². The summed E-state index contributed by atoms with van der Waals surface area (Å²) in [6.07, 6.45) is 0. The second kappa shape index (κ2) is 8.22. The van der Waals surface area contributed by atoms with Crippen molar-refractivity contribution in [2.24, 2.45) is 0 Å². The van der Waals surface area contributed by atoms with Crippen molar-refractivity contribution < 1.29 is 8.83 Å². The van der Waals surface area contributed by atoms with Crippen LogP contribution < -0.4 is 0 Å². The summed E-state index contributed by atoms with van der Waals surface area (Å²) in [4.78, 5) is 0. The molecule has 0 atom stereocenters.